The van der Waals surface area contributed by atoms with E-state index < -0.39 is 9.84 Å². The molecule has 1 aromatic carbocycles. The Hall–Kier alpha value is -1.16. The number of hydrogen-bond donors (Lipinski definition) is 0. The first-order valence-corrected chi connectivity index (χ1v) is 7.75. The predicted molar refractivity (Wildman–Crippen MR) is 67.1 cm³/mol. The standard InChI is InChI=1S/C13H16O3S/c1-17(15,16)10-13(7-4-8-13)12-6-3-2-5-11(12)9-14/h2-3,5-6,9H,4,7-8,10H2,1H3. The van der Waals surface area contributed by atoms with Gasteiger partial charge in [0.05, 0.1) is 5.75 Å². The summed E-state index contributed by atoms with van der Waals surface area (Å²) in [4.78, 5) is 11.0. The Morgan fingerprint density at radius 3 is 2.41 bits per heavy atom. The van der Waals surface area contributed by atoms with Crippen LogP contribution in [-0.4, -0.2) is 26.7 Å². The van der Waals surface area contributed by atoms with Gasteiger partial charge in [-0.25, -0.2) is 8.42 Å². The first-order valence-electron chi connectivity index (χ1n) is 5.69. The summed E-state index contributed by atoms with van der Waals surface area (Å²) in [5.41, 5.74) is 1.19. The van der Waals surface area contributed by atoms with Crippen molar-refractivity contribution in [1.29, 1.82) is 0 Å². The molecule has 1 aliphatic carbocycles. The van der Waals surface area contributed by atoms with Crippen molar-refractivity contribution >= 4 is 16.1 Å². The summed E-state index contributed by atoms with van der Waals surface area (Å²) in [6.45, 7) is 0. The maximum Gasteiger partial charge on any atom is 0.150 e. The van der Waals surface area contributed by atoms with Crippen LogP contribution >= 0.6 is 0 Å². The van der Waals surface area contributed by atoms with Gasteiger partial charge in [-0.05, 0) is 18.4 Å². The molecule has 0 saturated heterocycles. The van der Waals surface area contributed by atoms with Gasteiger partial charge in [0.15, 0.2) is 0 Å². The van der Waals surface area contributed by atoms with E-state index in [0.717, 1.165) is 31.1 Å². The molecule has 2 rings (SSSR count). The van der Waals surface area contributed by atoms with Crippen molar-refractivity contribution in [2.45, 2.75) is 24.7 Å². The largest absolute Gasteiger partial charge is 0.298 e. The molecule has 0 bridgehead atoms. The van der Waals surface area contributed by atoms with Crippen molar-refractivity contribution < 1.29 is 13.2 Å². The van der Waals surface area contributed by atoms with Crippen LogP contribution in [0.25, 0.3) is 0 Å². The van der Waals surface area contributed by atoms with Crippen molar-refractivity contribution in [3.63, 3.8) is 0 Å². The smallest absolute Gasteiger partial charge is 0.150 e. The fourth-order valence-electron chi connectivity index (χ4n) is 2.68. The SMILES string of the molecule is CS(=O)(=O)CC1(c2ccccc2C=O)CCC1. The van der Waals surface area contributed by atoms with E-state index in [4.69, 9.17) is 0 Å². The number of hydrogen-bond acceptors (Lipinski definition) is 3. The van der Waals surface area contributed by atoms with Crippen LogP contribution in [0.15, 0.2) is 24.3 Å². The molecular weight excluding hydrogens is 236 g/mol. The summed E-state index contributed by atoms with van der Waals surface area (Å²) in [6, 6.07) is 7.31. The number of carbonyl (C=O) groups is 1. The molecule has 0 radical (unpaired) electrons. The van der Waals surface area contributed by atoms with Gasteiger partial charge >= 0.3 is 0 Å². The summed E-state index contributed by atoms with van der Waals surface area (Å²) >= 11 is 0. The van der Waals surface area contributed by atoms with Crippen LogP contribution < -0.4 is 0 Å². The lowest BCUT2D eigenvalue weighted by Crippen LogP contribution is -2.41. The molecule has 0 aromatic heterocycles. The zero-order valence-electron chi connectivity index (χ0n) is 9.85. The molecule has 92 valence electrons. The summed E-state index contributed by atoms with van der Waals surface area (Å²) in [6.07, 6.45) is 4.81. The van der Waals surface area contributed by atoms with Crippen LogP contribution in [0.1, 0.15) is 35.2 Å². The second kappa shape index (κ2) is 4.26. The van der Waals surface area contributed by atoms with Gasteiger partial charge in [-0.2, -0.15) is 0 Å². The average molecular weight is 252 g/mol. The van der Waals surface area contributed by atoms with Crippen molar-refractivity contribution in [3.8, 4) is 0 Å². The van der Waals surface area contributed by atoms with Crippen molar-refractivity contribution in [2.24, 2.45) is 0 Å². The molecule has 3 nitrogen and oxygen atoms in total. The number of rotatable bonds is 4. The Morgan fingerprint density at radius 2 is 1.94 bits per heavy atom. The molecule has 17 heavy (non-hydrogen) atoms. The van der Waals surface area contributed by atoms with Gasteiger partial charge in [-0.15, -0.1) is 0 Å². The molecule has 0 spiro atoms. The highest BCUT2D eigenvalue weighted by Gasteiger charge is 2.42. The summed E-state index contributed by atoms with van der Waals surface area (Å²) in [7, 11) is -3.03. The summed E-state index contributed by atoms with van der Waals surface area (Å²) < 4.78 is 23.0. The van der Waals surface area contributed by atoms with Crippen LogP contribution in [0.2, 0.25) is 0 Å². The zero-order valence-corrected chi connectivity index (χ0v) is 10.7. The van der Waals surface area contributed by atoms with E-state index in [-0.39, 0.29) is 11.2 Å². The molecule has 1 aromatic rings. The van der Waals surface area contributed by atoms with E-state index in [9.17, 15) is 13.2 Å². The second-order valence-electron chi connectivity index (χ2n) is 4.91. The minimum atomic E-state index is -3.03. The van der Waals surface area contributed by atoms with Gasteiger partial charge in [0.2, 0.25) is 0 Å². The van der Waals surface area contributed by atoms with E-state index in [0.29, 0.717) is 5.56 Å². The number of aldehydes is 1. The van der Waals surface area contributed by atoms with E-state index in [2.05, 4.69) is 0 Å². The summed E-state index contributed by atoms with van der Waals surface area (Å²) in [5, 5.41) is 0. The average Bonchev–Trinajstić information content (AvgIpc) is 2.22. The lowest BCUT2D eigenvalue weighted by molar-refractivity contribution is 0.111. The maximum atomic E-state index is 11.5. The molecule has 1 aliphatic rings. The second-order valence-corrected chi connectivity index (χ2v) is 7.05. The quantitative estimate of drug-likeness (QED) is 0.770. The molecule has 1 saturated carbocycles. The maximum absolute atomic E-state index is 11.5. The summed E-state index contributed by atoms with van der Waals surface area (Å²) in [5.74, 6) is 0.144. The lowest BCUT2D eigenvalue weighted by Gasteiger charge is -2.42. The Morgan fingerprint density at radius 1 is 1.29 bits per heavy atom. The third-order valence-corrected chi connectivity index (χ3v) is 4.59. The van der Waals surface area contributed by atoms with Gasteiger partial charge in [0, 0.05) is 17.2 Å². The van der Waals surface area contributed by atoms with Crippen LogP contribution in [-0.2, 0) is 15.3 Å². The van der Waals surface area contributed by atoms with E-state index in [1.54, 1.807) is 12.1 Å². The molecule has 0 N–H and O–H groups in total. The molecule has 0 unspecified atom stereocenters. The molecule has 4 heteroatoms. The van der Waals surface area contributed by atoms with E-state index in [1.165, 1.54) is 6.26 Å². The number of carbonyl (C=O) groups excluding carboxylic acids is 1. The first-order chi connectivity index (χ1) is 7.97. The van der Waals surface area contributed by atoms with Crippen LogP contribution in [0.4, 0.5) is 0 Å². The van der Waals surface area contributed by atoms with Gasteiger partial charge < -0.3 is 0 Å². The monoisotopic (exact) mass is 252 g/mol. The fraction of sp³-hybridized carbons (Fsp3) is 0.462. The molecule has 0 amide bonds. The third-order valence-electron chi connectivity index (χ3n) is 3.51. The molecule has 1 fully saturated rings. The van der Waals surface area contributed by atoms with Crippen LogP contribution in [0, 0.1) is 0 Å². The Balaban J connectivity index is 2.45. The molecule has 0 heterocycles. The highest BCUT2D eigenvalue weighted by molar-refractivity contribution is 7.90. The van der Waals surface area contributed by atoms with Crippen LogP contribution in [0.3, 0.4) is 0 Å². The zero-order chi connectivity index (χ0) is 12.5. The van der Waals surface area contributed by atoms with Gasteiger partial charge in [0.1, 0.15) is 16.1 Å². The van der Waals surface area contributed by atoms with Crippen molar-refractivity contribution in [1.82, 2.24) is 0 Å². The number of sulfone groups is 1. The van der Waals surface area contributed by atoms with Gasteiger partial charge in [-0.1, -0.05) is 30.7 Å². The van der Waals surface area contributed by atoms with E-state index >= 15 is 0 Å². The lowest BCUT2D eigenvalue weighted by atomic mass is 9.65. The fourth-order valence-corrected chi connectivity index (χ4v) is 4.13. The normalized spacial score (nSPS) is 18.4. The van der Waals surface area contributed by atoms with Gasteiger partial charge in [0.25, 0.3) is 0 Å². The predicted octanol–water partition coefficient (Wildman–Crippen LogP) is 1.97. The minimum absolute atomic E-state index is 0.144. The Labute approximate surface area is 102 Å². The number of benzene rings is 1. The Kier molecular flexibility index (Phi) is 3.08. The minimum Gasteiger partial charge on any atom is -0.298 e. The van der Waals surface area contributed by atoms with E-state index in [1.807, 2.05) is 12.1 Å². The molecular formula is C13H16O3S. The Bertz CT molecular complexity index is 527. The highest BCUT2D eigenvalue weighted by Crippen LogP contribution is 2.45. The van der Waals surface area contributed by atoms with Crippen molar-refractivity contribution in [3.05, 3.63) is 35.4 Å². The topological polar surface area (TPSA) is 51.2 Å². The molecule has 0 aliphatic heterocycles. The van der Waals surface area contributed by atoms with Crippen molar-refractivity contribution in [2.75, 3.05) is 12.0 Å². The van der Waals surface area contributed by atoms with Gasteiger partial charge in [-0.3, -0.25) is 4.79 Å². The third kappa shape index (κ3) is 2.41. The van der Waals surface area contributed by atoms with Crippen LogP contribution in [0.5, 0.6) is 0 Å². The molecule has 0 atom stereocenters. The highest BCUT2D eigenvalue weighted by atomic mass is 32.2. The first kappa shape index (κ1) is 12.3.